The molecule has 5 nitrogen and oxygen atoms in total. The predicted octanol–water partition coefficient (Wildman–Crippen LogP) is 1.72. The molecule has 0 saturated heterocycles. The molecule has 2 aromatic carbocycles. The minimum absolute atomic E-state index is 0.0840. The molecule has 2 rings (SSSR count). The van der Waals surface area contributed by atoms with Gasteiger partial charge in [-0.1, -0.05) is 18.2 Å². The average Bonchev–Trinajstić information content (AvgIpc) is 2.41. The molecule has 0 bridgehead atoms. The molecule has 0 aliphatic heterocycles. The standard InChI is InChI=1S/C15H15NO4/c16-14(15(19)20)7-10-3-6-12(18)8-13(10)9-1-4-11(17)5-2-9/h1-6,8,14,17-18H,7,16H2,(H,19,20)/t14-/m0/s1. The van der Waals surface area contributed by atoms with Crippen LogP contribution in [0, 0.1) is 0 Å². The first kappa shape index (κ1) is 13.9. The third-order valence-corrected chi connectivity index (χ3v) is 3.03. The molecule has 0 unspecified atom stereocenters. The number of carbonyl (C=O) groups is 1. The van der Waals surface area contributed by atoms with Crippen LogP contribution in [0.25, 0.3) is 11.1 Å². The number of carboxylic acids is 1. The van der Waals surface area contributed by atoms with Gasteiger partial charge in [-0.05, 0) is 47.4 Å². The van der Waals surface area contributed by atoms with Crippen LogP contribution >= 0.6 is 0 Å². The summed E-state index contributed by atoms with van der Waals surface area (Å²) in [6, 6.07) is 10.1. The van der Waals surface area contributed by atoms with E-state index in [0.717, 1.165) is 11.1 Å². The van der Waals surface area contributed by atoms with Crippen LogP contribution in [-0.4, -0.2) is 27.3 Å². The molecule has 0 aliphatic rings. The molecule has 0 radical (unpaired) electrons. The van der Waals surface area contributed by atoms with Crippen LogP contribution in [0.15, 0.2) is 42.5 Å². The van der Waals surface area contributed by atoms with Crippen molar-refractivity contribution < 1.29 is 20.1 Å². The van der Waals surface area contributed by atoms with Crippen LogP contribution in [0.5, 0.6) is 11.5 Å². The first-order valence-electron chi connectivity index (χ1n) is 6.07. The Balaban J connectivity index is 2.42. The number of hydrogen-bond acceptors (Lipinski definition) is 4. The molecule has 5 heteroatoms. The summed E-state index contributed by atoms with van der Waals surface area (Å²) in [4.78, 5) is 10.9. The van der Waals surface area contributed by atoms with E-state index in [1.54, 1.807) is 24.3 Å². The number of phenols is 2. The molecule has 0 spiro atoms. The van der Waals surface area contributed by atoms with Gasteiger partial charge >= 0.3 is 5.97 Å². The Morgan fingerprint density at radius 1 is 1.05 bits per heavy atom. The Morgan fingerprint density at radius 3 is 2.25 bits per heavy atom. The van der Waals surface area contributed by atoms with Crippen molar-refractivity contribution in [1.82, 2.24) is 0 Å². The highest BCUT2D eigenvalue weighted by molar-refractivity contribution is 5.75. The fourth-order valence-electron chi connectivity index (χ4n) is 1.98. The van der Waals surface area contributed by atoms with Gasteiger partial charge in [0.1, 0.15) is 17.5 Å². The molecular formula is C15H15NO4. The predicted molar refractivity (Wildman–Crippen MR) is 74.5 cm³/mol. The lowest BCUT2D eigenvalue weighted by Gasteiger charge is -2.13. The van der Waals surface area contributed by atoms with Gasteiger partial charge in [-0.25, -0.2) is 0 Å². The van der Waals surface area contributed by atoms with Crippen molar-refractivity contribution in [3.05, 3.63) is 48.0 Å². The molecule has 1 atom stereocenters. The molecule has 0 heterocycles. The monoisotopic (exact) mass is 273 g/mol. The second-order valence-corrected chi connectivity index (χ2v) is 4.54. The zero-order chi connectivity index (χ0) is 14.7. The van der Waals surface area contributed by atoms with Gasteiger partial charge in [-0.3, -0.25) is 4.79 Å². The first-order chi connectivity index (χ1) is 9.47. The highest BCUT2D eigenvalue weighted by Crippen LogP contribution is 2.29. The third-order valence-electron chi connectivity index (χ3n) is 3.03. The van der Waals surface area contributed by atoms with E-state index in [1.165, 1.54) is 18.2 Å². The summed E-state index contributed by atoms with van der Waals surface area (Å²) >= 11 is 0. The van der Waals surface area contributed by atoms with Gasteiger partial charge in [-0.15, -0.1) is 0 Å². The Morgan fingerprint density at radius 2 is 1.65 bits per heavy atom. The molecule has 0 aliphatic carbocycles. The molecular weight excluding hydrogens is 258 g/mol. The fourth-order valence-corrected chi connectivity index (χ4v) is 1.98. The van der Waals surface area contributed by atoms with Crippen molar-refractivity contribution in [2.24, 2.45) is 5.73 Å². The summed E-state index contributed by atoms with van der Waals surface area (Å²) < 4.78 is 0. The Hall–Kier alpha value is -2.53. The molecule has 0 fully saturated rings. The van der Waals surface area contributed by atoms with Gasteiger partial charge < -0.3 is 21.1 Å². The van der Waals surface area contributed by atoms with Gasteiger partial charge in [0, 0.05) is 0 Å². The molecule has 5 N–H and O–H groups in total. The summed E-state index contributed by atoms with van der Waals surface area (Å²) in [6.45, 7) is 0. The zero-order valence-electron chi connectivity index (χ0n) is 10.7. The van der Waals surface area contributed by atoms with Crippen molar-refractivity contribution in [2.45, 2.75) is 12.5 Å². The lowest BCUT2D eigenvalue weighted by molar-refractivity contribution is -0.138. The number of hydrogen-bond donors (Lipinski definition) is 4. The van der Waals surface area contributed by atoms with E-state index < -0.39 is 12.0 Å². The highest BCUT2D eigenvalue weighted by Gasteiger charge is 2.15. The first-order valence-corrected chi connectivity index (χ1v) is 6.07. The fraction of sp³-hybridized carbons (Fsp3) is 0.133. The smallest absolute Gasteiger partial charge is 0.320 e. The number of carboxylic acid groups (broad SMARTS) is 1. The summed E-state index contributed by atoms with van der Waals surface area (Å²) in [5.41, 5.74) is 7.75. The molecule has 104 valence electrons. The number of aromatic hydroxyl groups is 2. The quantitative estimate of drug-likeness (QED) is 0.679. The van der Waals surface area contributed by atoms with Crippen molar-refractivity contribution in [2.75, 3.05) is 0 Å². The topological polar surface area (TPSA) is 104 Å². The molecule has 2 aromatic rings. The van der Waals surface area contributed by atoms with Crippen molar-refractivity contribution in [3.8, 4) is 22.6 Å². The highest BCUT2D eigenvalue weighted by atomic mass is 16.4. The minimum Gasteiger partial charge on any atom is -0.508 e. The van der Waals surface area contributed by atoms with E-state index in [2.05, 4.69) is 0 Å². The minimum atomic E-state index is -1.07. The third kappa shape index (κ3) is 3.07. The van der Waals surface area contributed by atoms with Gasteiger partial charge in [0.05, 0.1) is 0 Å². The van der Waals surface area contributed by atoms with Gasteiger partial charge in [-0.2, -0.15) is 0 Å². The van der Waals surface area contributed by atoms with Gasteiger partial charge in [0.2, 0.25) is 0 Å². The normalized spacial score (nSPS) is 12.1. The van der Waals surface area contributed by atoms with Crippen LogP contribution in [0.4, 0.5) is 0 Å². The van der Waals surface area contributed by atoms with Crippen LogP contribution in [0.1, 0.15) is 5.56 Å². The molecule has 0 aromatic heterocycles. The zero-order valence-corrected chi connectivity index (χ0v) is 10.7. The van der Waals surface area contributed by atoms with Gasteiger partial charge in [0.25, 0.3) is 0 Å². The Kier molecular flexibility index (Phi) is 3.91. The summed E-state index contributed by atoms with van der Waals surface area (Å²) in [5, 5.41) is 27.8. The number of benzene rings is 2. The summed E-state index contributed by atoms with van der Waals surface area (Å²) in [7, 11) is 0. The molecule has 20 heavy (non-hydrogen) atoms. The van der Waals surface area contributed by atoms with Crippen LogP contribution in [0.2, 0.25) is 0 Å². The number of rotatable bonds is 4. The Labute approximate surface area is 115 Å². The van der Waals surface area contributed by atoms with Crippen LogP contribution in [0.3, 0.4) is 0 Å². The number of phenolic OH excluding ortho intramolecular Hbond substituents is 2. The molecule has 0 saturated carbocycles. The maximum absolute atomic E-state index is 10.9. The lowest BCUT2D eigenvalue weighted by Crippen LogP contribution is -2.32. The van der Waals surface area contributed by atoms with Crippen molar-refractivity contribution in [1.29, 1.82) is 0 Å². The summed E-state index contributed by atoms with van der Waals surface area (Å²) in [5.74, 6) is -0.854. The van der Waals surface area contributed by atoms with Crippen molar-refractivity contribution in [3.63, 3.8) is 0 Å². The largest absolute Gasteiger partial charge is 0.508 e. The SMILES string of the molecule is N[C@@H](Cc1ccc(O)cc1-c1ccc(O)cc1)C(=O)O. The van der Waals surface area contributed by atoms with E-state index in [1.807, 2.05) is 0 Å². The number of nitrogens with two attached hydrogens (primary N) is 1. The second kappa shape index (κ2) is 5.63. The van der Waals surface area contributed by atoms with E-state index in [9.17, 15) is 15.0 Å². The lowest BCUT2D eigenvalue weighted by atomic mass is 9.95. The second-order valence-electron chi connectivity index (χ2n) is 4.54. The molecule has 0 amide bonds. The van der Waals surface area contributed by atoms with Crippen LogP contribution < -0.4 is 5.73 Å². The summed E-state index contributed by atoms with van der Waals surface area (Å²) in [6.07, 6.45) is 0.159. The Bertz CT molecular complexity index is 622. The van der Waals surface area contributed by atoms with E-state index in [0.29, 0.717) is 5.56 Å². The van der Waals surface area contributed by atoms with Crippen molar-refractivity contribution >= 4 is 5.97 Å². The van der Waals surface area contributed by atoms with E-state index >= 15 is 0 Å². The van der Waals surface area contributed by atoms with E-state index in [4.69, 9.17) is 10.8 Å². The van der Waals surface area contributed by atoms with Crippen LogP contribution in [-0.2, 0) is 11.2 Å². The average molecular weight is 273 g/mol. The van der Waals surface area contributed by atoms with Gasteiger partial charge in [0.15, 0.2) is 0 Å². The maximum Gasteiger partial charge on any atom is 0.320 e. The number of aliphatic carboxylic acids is 1. The van der Waals surface area contributed by atoms with E-state index in [-0.39, 0.29) is 17.9 Å². The maximum atomic E-state index is 10.9.